The Morgan fingerprint density at radius 2 is 2.24 bits per heavy atom. The highest BCUT2D eigenvalue weighted by atomic mass is 16.5. The zero-order chi connectivity index (χ0) is 12.1. The van der Waals surface area contributed by atoms with Gasteiger partial charge >= 0.3 is 0 Å². The number of nitrogens with zero attached hydrogens (tertiary/aromatic N) is 3. The van der Waals surface area contributed by atoms with Crippen molar-refractivity contribution in [2.24, 2.45) is 0 Å². The zero-order valence-electron chi connectivity index (χ0n) is 9.80. The first kappa shape index (κ1) is 11.4. The molecule has 2 heterocycles. The molecule has 2 aromatic rings. The van der Waals surface area contributed by atoms with Gasteiger partial charge in [-0.3, -0.25) is 0 Å². The van der Waals surface area contributed by atoms with Crippen LogP contribution in [0.1, 0.15) is 18.6 Å². The van der Waals surface area contributed by atoms with Crippen LogP contribution in [-0.2, 0) is 6.54 Å². The molecule has 0 atom stereocenters. The third kappa shape index (κ3) is 3.17. The van der Waals surface area contributed by atoms with E-state index < -0.39 is 0 Å². The van der Waals surface area contributed by atoms with E-state index in [-0.39, 0.29) is 0 Å². The summed E-state index contributed by atoms with van der Waals surface area (Å²) >= 11 is 0. The highest BCUT2D eigenvalue weighted by Gasteiger charge is 2.02. The van der Waals surface area contributed by atoms with Gasteiger partial charge in [0, 0.05) is 6.07 Å². The van der Waals surface area contributed by atoms with Gasteiger partial charge < -0.3 is 14.5 Å². The molecule has 0 aliphatic carbocycles. The molecule has 2 aromatic heterocycles. The third-order valence-electron chi connectivity index (χ3n) is 2.02. The zero-order valence-corrected chi connectivity index (χ0v) is 9.80. The first-order valence-electron chi connectivity index (χ1n) is 5.38. The first-order valence-corrected chi connectivity index (χ1v) is 5.38. The average molecular weight is 234 g/mol. The van der Waals surface area contributed by atoms with Crippen molar-refractivity contribution in [3.8, 4) is 5.88 Å². The molecule has 90 valence electrons. The van der Waals surface area contributed by atoms with Gasteiger partial charge in [-0.15, -0.1) is 0 Å². The van der Waals surface area contributed by atoms with Crippen LogP contribution in [0.5, 0.6) is 5.88 Å². The fourth-order valence-electron chi connectivity index (χ4n) is 1.31. The fourth-order valence-corrected chi connectivity index (χ4v) is 1.31. The Balaban J connectivity index is 1.96. The number of aryl methyl sites for hydroxylation is 1. The molecule has 0 spiro atoms. The fraction of sp³-hybridized carbons (Fsp3) is 0.364. The number of hydrogen-bond donors (Lipinski definition) is 1. The third-order valence-corrected chi connectivity index (χ3v) is 2.02. The van der Waals surface area contributed by atoms with E-state index in [1.54, 1.807) is 12.3 Å². The lowest BCUT2D eigenvalue weighted by molar-refractivity contribution is 0.326. The lowest BCUT2D eigenvalue weighted by atomic mass is 10.5. The van der Waals surface area contributed by atoms with E-state index in [2.05, 4.69) is 20.3 Å². The molecule has 0 bridgehead atoms. The topological polar surface area (TPSA) is 73.1 Å². The van der Waals surface area contributed by atoms with Gasteiger partial charge in [-0.1, -0.05) is 0 Å². The van der Waals surface area contributed by atoms with Gasteiger partial charge in [0.25, 0.3) is 0 Å². The molecule has 0 fully saturated rings. The second kappa shape index (κ2) is 5.29. The predicted molar refractivity (Wildman–Crippen MR) is 61.8 cm³/mol. The van der Waals surface area contributed by atoms with Crippen molar-refractivity contribution in [3.63, 3.8) is 0 Å². The Kier molecular flexibility index (Phi) is 3.54. The van der Waals surface area contributed by atoms with Crippen molar-refractivity contribution in [2.75, 3.05) is 11.9 Å². The van der Waals surface area contributed by atoms with E-state index in [4.69, 9.17) is 9.15 Å². The molecular weight excluding hydrogens is 220 g/mol. The van der Waals surface area contributed by atoms with Crippen LogP contribution in [0.2, 0.25) is 0 Å². The van der Waals surface area contributed by atoms with E-state index in [1.807, 2.05) is 13.8 Å². The van der Waals surface area contributed by atoms with Gasteiger partial charge in [-0.05, 0) is 13.8 Å². The van der Waals surface area contributed by atoms with Gasteiger partial charge in [0.05, 0.1) is 19.3 Å². The van der Waals surface area contributed by atoms with Crippen LogP contribution >= 0.6 is 0 Å². The van der Waals surface area contributed by atoms with Crippen molar-refractivity contribution in [2.45, 2.75) is 20.4 Å². The van der Waals surface area contributed by atoms with E-state index in [9.17, 15) is 0 Å². The number of aromatic nitrogens is 3. The molecule has 6 nitrogen and oxygen atoms in total. The summed E-state index contributed by atoms with van der Waals surface area (Å²) in [7, 11) is 0. The standard InChI is InChI=1S/C11H14N4O2/c1-3-16-10-4-9(14-7-15-10)12-6-11-13-5-8(2)17-11/h4-5,7H,3,6H2,1-2H3,(H,12,14,15). The molecular formula is C11H14N4O2. The maximum Gasteiger partial charge on any atom is 0.218 e. The normalized spacial score (nSPS) is 10.2. The summed E-state index contributed by atoms with van der Waals surface area (Å²) in [6.45, 7) is 4.82. The number of ether oxygens (including phenoxy) is 1. The molecule has 0 aromatic carbocycles. The quantitative estimate of drug-likeness (QED) is 0.850. The van der Waals surface area contributed by atoms with Crippen LogP contribution in [0.15, 0.2) is 23.0 Å². The molecule has 0 saturated heterocycles. The maximum absolute atomic E-state index is 5.33. The monoisotopic (exact) mass is 234 g/mol. The average Bonchev–Trinajstić information content (AvgIpc) is 2.74. The van der Waals surface area contributed by atoms with Crippen molar-refractivity contribution in [1.82, 2.24) is 15.0 Å². The largest absolute Gasteiger partial charge is 0.478 e. The lowest BCUT2D eigenvalue weighted by Crippen LogP contribution is -2.03. The number of rotatable bonds is 5. The number of nitrogens with one attached hydrogen (secondary N) is 1. The van der Waals surface area contributed by atoms with E-state index >= 15 is 0 Å². The summed E-state index contributed by atoms with van der Waals surface area (Å²) in [5, 5.41) is 3.09. The number of hydrogen-bond acceptors (Lipinski definition) is 6. The van der Waals surface area contributed by atoms with Crippen molar-refractivity contribution in [3.05, 3.63) is 30.2 Å². The Morgan fingerprint density at radius 1 is 1.35 bits per heavy atom. The van der Waals surface area contributed by atoms with Crippen molar-refractivity contribution in [1.29, 1.82) is 0 Å². The summed E-state index contributed by atoms with van der Waals surface area (Å²) in [4.78, 5) is 12.1. The molecule has 1 N–H and O–H groups in total. The molecule has 6 heteroatoms. The Hall–Kier alpha value is -2.11. The first-order chi connectivity index (χ1) is 8.28. The minimum atomic E-state index is 0.483. The number of oxazole rings is 1. The van der Waals surface area contributed by atoms with E-state index in [0.717, 1.165) is 5.76 Å². The molecule has 0 unspecified atom stereocenters. The highest BCUT2D eigenvalue weighted by molar-refractivity contribution is 5.36. The Bertz CT molecular complexity index is 484. The van der Waals surface area contributed by atoms with Gasteiger partial charge in [0.15, 0.2) is 0 Å². The SMILES string of the molecule is CCOc1cc(NCc2ncc(C)o2)ncn1. The van der Waals surface area contributed by atoms with E-state index in [1.165, 1.54) is 6.33 Å². The second-order valence-electron chi connectivity index (χ2n) is 3.39. The van der Waals surface area contributed by atoms with Crippen LogP contribution < -0.4 is 10.1 Å². The number of anilines is 1. The van der Waals surface area contributed by atoms with Crippen LogP contribution in [0.3, 0.4) is 0 Å². The Morgan fingerprint density at radius 3 is 2.94 bits per heavy atom. The van der Waals surface area contributed by atoms with Crippen molar-refractivity contribution >= 4 is 5.82 Å². The summed E-state index contributed by atoms with van der Waals surface area (Å²) in [5.74, 6) is 2.64. The van der Waals surface area contributed by atoms with Gasteiger partial charge in [-0.25, -0.2) is 15.0 Å². The smallest absolute Gasteiger partial charge is 0.218 e. The van der Waals surface area contributed by atoms with Gasteiger partial charge in [0.2, 0.25) is 11.8 Å². The van der Waals surface area contributed by atoms with Crippen LogP contribution in [0.25, 0.3) is 0 Å². The molecule has 0 radical (unpaired) electrons. The molecule has 0 amide bonds. The summed E-state index contributed by atoms with van der Waals surface area (Å²) < 4.78 is 10.6. The van der Waals surface area contributed by atoms with E-state index in [0.29, 0.717) is 30.7 Å². The van der Waals surface area contributed by atoms with Gasteiger partial charge in [0.1, 0.15) is 17.9 Å². The second-order valence-corrected chi connectivity index (χ2v) is 3.39. The maximum atomic E-state index is 5.33. The molecule has 0 aliphatic heterocycles. The summed E-state index contributed by atoms with van der Waals surface area (Å²) in [6.07, 6.45) is 3.14. The molecule has 0 saturated carbocycles. The van der Waals surface area contributed by atoms with Crippen LogP contribution in [-0.4, -0.2) is 21.6 Å². The molecule has 2 rings (SSSR count). The molecule has 17 heavy (non-hydrogen) atoms. The van der Waals surface area contributed by atoms with Crippen LogP contribution in [0.4, 0.5) is 5.82 Å². The Labute approximate surface area is 99.1 Å². The minimum Gasteiger partial charge on any atom is -0.478 e. The lowest BCUT2D eigenvalue weighted by Gasteiger charge is -2.05. The summed E-state index contributed by atoms with van der Waals surface area (Å²) in [6, 6.07) is 1.74. The summed E-state index contributed by atoms with van der Waals surface area (Å²) in [5.41, 5.74) is 0. The van der Waals surface area contributed by atoms with Crippen molar-refractivity contribution < 1.29 is 9.15 Å². The molecule has 0 aliphatic rings. The minimum absolute atomic E-state index is 0.483. The predicted octanol–water partition coefficient (Wildman–Crippen LogP) is 1.78. The van der Waals surface area contributed by atoms with Crippen LogP contribution in [0, 0.1) is 6.92 Å². The van der Waals surface area contributed by atoms with Gasteiger partial charge in [-0.2, -0.15) is 0 Å². The highest BCUT2D eigenvalue weighted by Crippen LogP contribution is 2.12.